The summed E-state index contributed by atoms with van der Waals surface area (Å²) in [7, 11) is -3.38. The Kier molecular flexibility index (Phi) is 5.62. The van der Waals surface area contributed by atoms with Gasteiger partial charge in [-0.25, -0.2) is 13.4 Å². The summed E-state index contributed by atoms with van der Waals surface area (Å²) >= 11 is 6.04. The van der Waals surface area contributed by atoms with Gasteiger partial charge in [0.1, 0.15) is 0 Å². The number of halogens is 1. The number of aryl methyl sites for hydroxylation is 1. The monoisotopic (exact) mass is 356 g/mol. The van der Waals surface area contributed by atoms with E-state index in [-0.39, 0.29) is 10.9 Å². The SMILES string of the molecule is CS(=O)(=O)Nc1ccc(C(=O)NCCCn2ccnc2)c(Cl)c1. The molecule has 0 unspecified atom stereocenters. The molecule has 1 amide bonds. The molecule has 2 aromatic rings. The van der Waals surface area contributed by atoms with E-state index in [0.29, 0.717) is 17.8 Å². The number of rotatable bonds is 7. The molecule has 0 saturated carbocycles. The minimum absolute atomic E-state index is 0.186. The lowest BCUT2D eigenvalue weighted by Gasteiger charge is -2.09. The van der Waals surface area contributed by atoms with Crippen molar-refractivity contribution in [3.63, 3.8) is 0 Å². The van der Waals surface area contributed by atoms with Crippen LogP contribution in [0.15, 0.2) is 36.9 Å². The first-order chi connectivity index (χ1) is 10.8. The summed E-state index contributed by atoms with van der Waals surface area (Å²) in [6, 6.07) is 4.39. The summed E-state index contributed by atoms with van der Waals surface area (Å²) < 4.78 is 26.6. The topological polar surface area (TPSA) is 93.1 Å². The molecular formula is C14H17ClN4O3S. The van der Waals surface area contributed by atoms with Crippen LogP contribution in [0.25, 0.3) is 0 Å². The molecule has 0 saturated heterocycles. The number of nitrogens with one attached hydrogen (secondary N) is 2. The number of anilines is 1. The molecule has 23 heavy (non-hydrogen) atoms. The van der Waals surface area contributed by atoms with Gasteiger partial charge in [0.05, 0.1) is 23.2 Å². The van der Waals surface area contributed by atoms with Gasteiger partial charge in [-0.2, -0.15) is 0 Å². The Labute approximate surface area is 139 Å². The maximum Gasteiger partial charge on any atom is 0.252 e. The zero-order valence-corrected chi connectivity index (χ0v) is 14.1. The van der Waals surface area contributed by atoms with Crippen molar-refractivity contribution in [2.45, 2.75) is 13.0 Å². The quantitative estimate of drug-likeness (QED) is 0.739. The standard InChI is InChI=1S/C14H17ClN4O3S/c1-23(21,22)18-11-3-4-12(13(15)9-11)14(20)17-5-2-7-19-8-6-16-10-19/h3-4,6,8-10,18H,2,5,7H2,1H3,(H,17,20). The summed E-state index contributed by atoms with van der Waals surface area (Å²) in [6.07, 6.45) is 7.07. The average molecular weight is 357 g/mol. The van der Waals surface area contributed by atoms with Crippen LogP contribution in [0.4, 0.5) is 5.69 Å². The highest BCUT2D eigenvalue weighted by atomic mass is 35.5. The molecule has 0 aliphatic carbocycles. The summed E-state index contributed by atoms with van der Waals surface area (Å²) in [6.45, 7) is 1.25. The third-order valence-corrected chi connectivity index (χ3v) is 3.87. The fraction of sp³-hybridized carbons (Fsp3) is 0.286. The van der Waals surface area contributed by atoms with Gasteiger partial charge < -0.3 is 9.88 Å². The number of imidazole rings is 1. The van der Waals surface area contributed by atoms with Crippen LogP contribution in [0, 0.1) is 0 Å². The minimum Gasteiger partial charge on any atom is -0.352 e. The van der Waals surface area contributed by atoms with Crippen LogP contribution in [0.1, 0.15) is 16.8 Å². The molecule has 1 heterocycles. The number of nitrogens with zero attached hydrogens (tertiary/aromatic N) is 2. The molecule has 2 rings (SSSR count). The zero-order valence-electron chi connectivity index (χ0n) is 12.5. The molecule has 9 heteroatoms. The summed E-state index contributed by atoms with van der Waals surface area (Å²) in [5, 5.41) is 2.96. The van der Waals surface area contributed by atoms with Crippen molar-refractivity contribution in [1.29, 1.82) is 0 Å². The van der Waals surface area contributed by atoms with Crippen LogP contribution < -0.4 is 10.0 Å². The third kappa shape index (κ3) is 5.57. The van der Waals surface area contributed by atoms with Crippen molar-refractivity contribution in [3.05, 3.63) is 47.5 Å². The van der Waals surface area contributed by atoms with Crippen LogP contribution in [0.5, 0.6) is 0 Å². The van der Waals surface area contributed by atoms with Gasteiger partial charge in [-0.1, -0.05) is 11.6 Å². The van der Waals surface area contributed by atoms with Gasteiger partial charge in [0.25, 0.3) is 5.91 Å². The highest BCUT2D eigenvalue weighted by molar-refractivity contribution is 7.92. The average Bonchev–Trinajstić information content (AvgIpc) is 2.95. The number of hydrogen-bond acceptors (Lipinski definition) is 4. The molecular weight excluding hydrogens is 340 g/mol. The number of sulfonamides is 1. The van der Waals surface area contributed by atoms with Gasteiger partial charge >= 0.3 is 0 Å². The van der Waals surface area contributed by atoms with Crippen LogP contribution in [-0.2, 0) is 16.6 Å². The van der Waals surface area contributed by atoms with E-state index < -0.39 is 10.0 Å². The predicted molar refractivity (Wildman–Crippen MR) is 89.1 cm³/mol. The van der Waals surface area contributed by atoms with Crippen molar-refractivity contribution < 1.29 is 13.2 Å². The van der Waals surface area contributed by atoms with Crippen molar-refractivity contribution >= 4 is 33.2 Å². The highest BCUT2D eigenvalue weighted by Crippen LogP contribution is 2.21. The lowest BCUT2D eigenvalue weighted by atomic mass is 10.2. The van der Waals surface area contributed by atoms with Crippen molar-refractivity contribution in [1.82, 2.24) is 14.9 Å². The molecule has 0 fully saturated rings. The van der Waals surface area contributed by atoms with E-state index in [1.807, 2.05) is 10.8 Å². The Morgan fingerprint density at radius 1 is 1.39 bits per heavy atom. The molecule has 0 bridgehead atoms. The first kappa shape index (κ1) is 17.3. The highest BCUT2D eigenvalue weighted by Gasteiger charge is 2.11. The Bertz CT molecular complexity index is 775. The number of hydrogen-bond donors (Lipinski definition) is 2. The number of carbonyl (C=O) groups excluding carboxylic acids is 1. The molecule has 2 N–H and O–H groups in total. The zero-order chi connectivity index (χ0) is 16.9. The third-order valence-electron chi connectivity index (χ3n) is 2.95. The molecule has 0 atom stereocenters. The Hall–Kier alpha value is -2.06. The van der Waals surface area contributed by atoms with Crippen LogP contribution >= 0.6 is 11.6 Å². The maximum atomic E-state index is 12.1. The molecule has 1 aromatic carbocycles. The first-order valence-electron chi connectivity index (χ1n) is 6.86. The van der Waals surface area contributed by atoms with Crippen molar-refractivity contribution in [2.75, 3.05) is 17.5 Å². The first-order valence-corrected chi connectivity index (χ1v) is 9.13. The summed E-state index contributed by atoms with van der Waals surface area (Å²) in [5.74, 6) is -0.300. The summed E-state index contributed by atoms with van der Waals surface area (Å²) in [4.78, 5) is 16.0. The maximum absolute atomic E-state index is 12.1. The second-order valence-electron chi connectivity index (χ2n) is 4.98. The Morgan fingerprint density at radius 2 is 2.17 bits per heavy atom. The molecule has 0 radical (unpaired) electrons. The normalized spacial score (nSPS) is 11.2. The lowest BCUT2D eigenvalue weighted by Crippen LogP contribution is -2.25. The van der Waals surface area contributed by atoms with Crippen molar-refractivity contribution in [2.24, 2.45) is 0 Å². The second-order valence-corrected chi connectivity index (χ2v) is 7.13. The fourth-order valence-electron chi connectivity index (χ4n) is 1.95. The van der Waals surface area contributed by atoms with E-state index in [4.69, 9.17) is 11.6 Å². The van der Waals surface area contributed by atoms with Crippen LogP contribution in [0.3, 0.4) is 0 Å². The number of carbonyl (C=O) groups is 1. The fourth-order valence-corrected chi connectivity index (χ4v) is 2.78. The van der Waals surface area contributed by atoms with E-state index >= 15 is 0 Å². The van der Waals surface area contributed by atoms with Gasteiger partial charge in [0.15, 0.2) is 0 Å². The molecule has 7 nitrogen and oxygen atoms in total. The molecule has 124 valence electrons. The number of benzene rings is 1. The number of aromatic nitrogens is 2. The molecule has 1 aromatic heterocycles. The van der Waals surface area contributed by atoms with Gasteiger partial charge in [-0.05, 0) is 24.6 Å². The van der Waals surface area contributed by atoms with E-state index in [1.54, 1.807) is 12.5 Å². The lowest BCUT2D eigenvalue weighted by molar-refractivity contribution is 0.0953. The predicted octanol–water partition coefficient (Wildman–Crippen LogP) is 1.73. The molecule has 0 spiro atoms. The van der Waals surface area contributed by atoms with Crippen molar-refractivity contribution in [3.8, 4) is 0 Å². The van der Waals surface area contributed by atoms with Crippen LogP contribution in [-0.4, -0.2) is 36.7 Å². The largest absolute Gasteiger partial charge is 0.352 e. The van der Waals surface area contributed by atoms with Gasteiger partial charge in [-0.15, -0.1) is 0 Å². The Balaban J connectivity index is 1.89. The van der Waals surface area contributed by atoms with Gasteiger partial charge in [0, 0.05) is 31.2 Å². The minimum atomic E-state index is -3.38. The number of amides is 1. The Morgan fingerprint density at radius 3 is 2.78 bits per heavy atom. The van der Waals surface area contributed by atoms with E-state index in [9.17, 15) is 13.2 Å². The van der Waals surface area contributed by atoms with E-state index in [1.165, 1.54) is 18.2 Å². The van der Waals surface area contributed by atoms with Crippen LogP contribution in [0.2, 0.25) is 5.02 Å². The van der Waals surface area contributed by atoms with E-state index in [0.717, 1.165) is 19.2 Å². The second kappa shape index (κ2) is 7.47. The van der Waals surface area contributed by atoms with Gasteiger partial charge in [0.2, 0.25) is 10.0 Å². The van der Waals surface area contributed by atoms with Gasteiger partial charge in [-0.3, -0.25) is 9.52 Å². The molecule has 0 aliphatic rings. The van der Waals surface area contributed by atoms with E-state index in [2.05, 4.69) is 15.0 Å². The smallest absolute Gasteiger partial charge is 0.252 e. The molecule has 0 aliphatic heterocycles. The summed E-state index contributed by atoms with van der Waals surface area (Å²) in [5.41, 5.74) is 0.613.